The van der Waals surface area contributed by atoms with Crippen molar-refractivity contribution >= 4 is 21.8 Å². The molecule has 3 aromatic heterocycles. The summed E-state index contributed by atoms with van der Waals surface area (Å²) in [5.74, 6) is 0.252. The van der Waals surface area contributed by atoms with Gasteiger partial charge in [-0.2, -0.15) is 5.10 Å². The second-order valence-corrected chi connectivity index (χ2v) is 8.22. The molecular weight excluding hydrogens is 404 g/mol. The van der Waals surface area contributed by atoms with E-state index in [9.17, 15) is 10.2 Å². The van der Waals surface area contributed by atoms with Gasteiger partial charge in [0.15, 0.2) is 0 Å². The number of benzene rings is 2. The van der Waals surface area contributed by atoms with Gasteiger partial charge in [0, 0.05) is 16.3 Å². The lowest BCUT2D eigenvalue weighted by Crippen LogP contribution is -2.08. The Hall–Kier alpha value is -3.78. The van der Waals surface area contributed by atoms with Crippen LogP contribution >= 0.6 is 0 Å². The molecule has 160 valence electrons. The summed E-state index contributed by atoms with van der Waals surface area (Å²) < 4.78 is 1.62. The summed E-state index contributed by atoms with van der Waals surface area (Å²) >= 11 is 0. The Bertz CT molecular complexity index is 1450. The van der Waals surface area contributed by atoms with E-state index in [2.05, 4.69) is 20.5 Å². The maximum atomic E-state index is 9.73. The second-order valence-electron chi connectivity index (χ2n) is 8.22. The molecule has 0 unspecified atom stereocenters. The number of aromatic hydroxyl groups is 1. The molecule has 6 rings (SSSR count). The zero-order valence-electron chi connectivity index (χ0n) is 17.4. The van der Waals surface area contributed by atoms with Crippen LogP contribution in [-0.2, 0) is 19.4 Å². The molecule has 0 spiro atoms. The molecule has 2 aromatic carbocycles. The summed E-state index contributed by atoms with van der Waals surface area (Å²) in [6.07, 6.45) is 6.05. The number of H-pyrrole nitrogens is 1. The van der Waals surface area contributed by atoms with Crippen LogP contribution in [0, 0.1) is 0 Å². The van der Waals surface area contributed by atoms with Crippen LogP contribution in [0.3, 0.4) is 0 Å². The van der Waals surface area contributed by atoms with E-state index >= 15 is 0 Å². The van der Waals surface area contributed by atoms with Crippen molar-refractivity contribution in [2.45, 2.75) is 32.2 Å². The zero-order valence-corrected chi connectivity index (χ0v) is 17.4. The first-order chi connectivity index (χ1) is 15.7. The van der Waals surface area contributed by atoms with Gasteiger partial charge in [-0.3, -0.25) is 5.10 Å². The molecule has 0 aliphatic heterocycles. The monoisotopic (exact) mass is 426 g/mol. The standard InChI is InChI=1S/C24H22N6O2/c31-12-11-30-13-20(27-29-30)24-22-19(26-28-24)10-9-18-21(22)16-3-1-2-4-17(16)23(25-18)14-5-7-15(32)8-6-14/h5-10,13,31-32H,1-4,11-12H2,(H,26,28). The molecule has 8 heteroatoms. The third-order valence-corrected chi connectivity index (χ3v) is 6.25. The number of phenolic OH excluding ortho intramolecular Hbond substituents is 1. The number of hydrogen-bond acceptors (Lipinski definition) is 6. The number of hydrogen-bond donors (Lipinski definition) is 3. The SMILES string of the molecule is OCCn1cc(-c2n[nH]c3ccc4nc(-c5ccc(O)cc5)c5c(c4c23)CCCC5)nn1. The van der Waals surface area contributed by atoms with Crippen molar-refractivity contribution in [3.05, 3.63) is 53.7 Å². The van der Waals surface area contributed by atoms with Crippen molar-refractivity contribution in [1.82, 2.24) is 30.2 Å². The average Bonchev–Trinajstić information content (AvgIpc) is 3.46. The molecule has 0 radical (unpaired) electrons. The number of aliphatic hydroxyl groups is 1. The van der Waals surface area contributed by atoms with Crippen molar-refractivity contribution in [1.29, 1.82) is 0 Å². The number of aromatic amines is 1. The van der Waals surface area contributed by atoms with Crippen LogP contribution in [0.4, 0.5) is 0 Å². The first-order valence-corrected chi connectivity index (χ1v) is 10.9. The molecule has 1 aliphatic rings. The summed E-state index contributed by atoms with van der Waals surface area (Å²) in [7, 11) is 0. The van der Waals surface area contributed by atoms with Gasteiger partial charge in [-0.05, 0) is 73.2 Å². The lowest BCUT2D eigenvalue weighted by molar-refractivity contribution is 0.268. The fourth-order valence-corrected chi connectivity index (χ4v) is 4.79. The molecular formula is C24H22N6O2. The molecule has 0 amide bonds. The highest BCUT2D eigenvalue weighted by Gasteiger charge is 2.23. The molecule has 0 bridgehead atoms. The smallest absolute Gasteiger partial charge is 0.133 e. The third kappa shape index (κ3) is 2.95. The number of aliphatic hydroxyl groups excluding tert-OH is 1. The normalized spacial score (nSPS) is 13.7. The highest BCUT2D eigenvalue weighted by molar-refractivity contribution is 6.13. The Kier molecular flexibility index (Phi) is 4.39. The molecule has 3 N–H and O–H groups in total. The van der Waals surface area contributed by atoms with E-state index in [-0.39, 0.29) is 12.4 Å². The number of nitrogens with zero attached hydrogens (tertiary/aromatic N) is 5. The van der Waals surface area contributed by atoms with Gasteiger partial charge in [0.05, 0.1) is 36.1 Å². The van der Waals surface area contributed by atoms with Crippen LogP contribution in [0.1, 0.15) is 24.0 Å². The highest BCUT2D eigenvalue weighted by Crippen LogP contribution is 2.40. The third-order valence-electron chi connectivity index (χ3n) is 6.25. The van der Waals surface area contributed by atoms with Gasteiger partial charge < -0.3 is 10.2 Å². The molecule has 0 fully saturated rings. The van der Waals surface area contributed by atoms with E-state index in [0.717, 1.165) is 64.4 Å². The van der Waals surface area contributed by atoms with Crippen LogP contribution in [0.25, 0.3) is 44.5 Å². The molecule has 32 heavy (non-hydrogen) atoms. The quantitative estimate of drug-likeness (QED) is 0.405. The lowest BCUT2D eigenvalue weighted by atomic mass is 9.85. The second kappa shape index (κ2) is 7.42. The van der Waals surface area contributed by atoms with E-state index < -0.39 is 0 Å². The predicted octanol–water partition coefficient (Wildman–Crippen LogP) is 3.61. The van der Waals surface area contributed by atoms with E-state index in [1.54, 1.807) is 16.8 Å². The average molecular weight is 426 g/mol. The first-order valence-electron chi connectivity index (χ1n) is 10.9. The van der Waals surface area contributed by atoms with E-state index in [4.69, 9.17) is 4.98 Å². The number of fused-ring (bicyclic) bond motifs is 5. The van der Waals surface area contributed by atoms with E-state index in [1.165, 1.54) is 11.1 Å². The molecule has 1 aliphatic carbocycles. The van der Waals surface area contributed by atoms with Gasteiger partial charge in [-0.25, -0.2) is 9.67 Å². The number of aryl methyl sites for hydroxylation is 1. The van der Waals surface area contributed by atoms with Crippen LogP contribution < -0.4 is 0 Å². The van der Waals surface area contributed by atoms with Crippen molar-refractivity contribution in [3.63, 3.8) is 0 Å². The minimum Gasteiger partial charge on any atom is -0.508 e. The van der Waals surface area contributed by atoms with Crippen LogP contribution in [0.2, 0.25) is 0 Å². The Morgan fingerprint density at radius 1 is 0.938 bits per heavy atom. The van der Waals surface area contributed by atoms with Crippen LogP contribution in [0.5, 0.6) is 5.75 Å². The summed E-state index contributed by atoms with van der Waals surface area (Å²) in [6, 6.07) is 11.3. The topological polar surface area (TPSA) is 113 Å². The summed E-state index contributed by atoms with van der Waals surface area (Å²) in [6.45, 7) is 0.396. The van der Waals surface area contributed by atoms with Crippen molar-refractivity contribution in [3.8, 4) is 28.4 Å². The van der Waals surface area contributed by atoms with Crippen LogP contribution in [0.15, 0.2) is 42.6 Å². The Balaban J connectivity index is 1.63. The number of pyridine rings is 1. The fourth-order valence-electron chi connectivity index (χ4n) is 4.79. The number of rotatable bonds is 4. The van der Waals surface area contributed by atoms with Crippen molar-refractivity contribution in [2.75, 3.05) is 6.61 Å². The summed E-state index contributed by atoms with van der Waals surface area (Å²) in [5.41, 5.74) is 7.89. The fraction of sp³-hybridized carbons (Fsp3) is 0.250. The van der Waals surface area contributed by atoms with Gasteiger partial charge in [0.1, 0.15) is 17.1 Å². The molecule has 0 atom stereocenters. The minimum absolute atomic E-state index is 0.00447. The summed E-state index contributed by atoms with van der Waals surface area (Å²) in [4.78, 5) is 5.09. The van der Waals surface area contributed by atoms with Crippen molar-refractivity contribution < 1.29 is 10.2 Å². The summed E-state index contributed by atoms with van der Waals surface area (Å²) in [5, 5.41) is 37.2. The van der Waals surface area contributed by atoms with Gasteiger partial charge >= 0.3 is 0 Å². The molecule has 8 nitrogen and oxygen atoms in total. The van der Waals surface area contributed by atoms with E-state index in [0.29, 0.717) is 12.2 Å². The molecule has 0 saturated carbocycles. The molecule has 0 saturated heterocycles. The van der Waals surface area contributed by atoms with Gasteiger partial charge in [-0.1, -0.05) is 5.21 Å². The van der Waals surface area contributed by atoms with Gasteiger partial charge in [0.2, 0.25) is 0 Å². The minimum atomic E-state index is 0.00447. The largest absolute Gasteiger partial charge is 0.508 e. The van der Waals surface area contributed by atoms with Crippen LogP contribution in [-0.4, -0.2) is 47.0 Å². The van der Waals surface area contributed by atoms with E-state index in [1.807, 2.05) is 30.5 Å². The zero-order chi connectivity index (χ0) is 21.7. The Morgan fingerprint density at radius 3 is 2.56 bits per heavy atom. The highest BCUT2D eigenvalue weighted by atomic mass is 16.3. The maximum Gasteiger partial charge on any atom is 0.133 e. The predicted molar refractivity (Wildman–Crippen MR) is 121 cm³/mol. The number of aromatic nitrogens is 6. The Morgan fingerprint density at radius 2 is 1.75 bits per heavy atom. The first kappa shape index (κ1) is 18.9. The number of nitrogens with one attached hydrogen (secondary N) is 1. The van der Waals surface area contributed by atoms with Gasteiger partial charge in [-0.15, -0.1) is 5.10 Å². The number of phenols is 1. The maximum absolute atomic E-state index is 9.73. The Labute approximate surface area is 183 Å². The lowest BCUT2D eigenvalue weighted by Gasteiger charge is -2.22. The van der Waals surface area contributed by atoms with Gasteiger partial charge in [0.25, 0.3) is 0 Å². The molecule has 5 aromatic rings. The molecule has 3 heterocycles. The van der Waals surface area contributed by atoms with Crippen molar-refractivity contribution in [2.24, 2.45) is 0 Å².